The number of allylic oxidation sites excluding steroid dienone is 1. The van der Waals surface area contributed by atoms with Gasteiger partial charge in [-0.2, -0.15) is 0 Å². The predicted octanol–water partition coefficient (Wildman–Crippen LogP) is 7.76. The highest BCUT2D eigenvalue weighted by Gasteiger charge is 2.35. The molecular weight excluding hydrogens is 466 g/mol. The monoisotopic (exact) mass is 505 g/mol. The Bertz CT molecular complexity index is 1410. The van der Waals surface area contributed by atoms with Gasteiger partial charge in [-0.25, -0.2) is 0 Å². The fourth-order valence-electron chi connectivity index (χ4n) is 5.12. The highest BCUT2D eigenvalue weighted by atomic mass is 16.3. The largest absolute Gasteiger partial charge is 0.376 e. The molecule has 0 aliphatic heterocycles. The van der Waals surface area contributed by atoms with Crippen molar-refractivity contribution in [1.82, 2.24) is 0 Å². The number of carbonyl (C=O) groups is 1. The van der Waals surface area contributed by atoms with E-state index in [1.54, 1.807) is 19.2 Å². The van der Waals surface area contributed by atoms with E-state index in [9.17, 15) is 9.90 Å². The summed E-state index contributed by atoms with van der Waals surface area (Å²) in [6.07, 6.45) is 9.31. The van der Waals surface area contributed by atoms with Crippen molar-refractivity contribution in [2.75, 3.05) is 0 Å². The highest BCUT2D eigenvalue weighted by molar-refractivity contribution is 5.99. The van der Waals surface area contributed by atoms with Crippen LogP contribution < -0.4 is 0 Å². The highest BCUT2D eigenvalue weighted by Crippen LogP contribution is 2.40. The summed E-state index contributed by atoms with van der Waals surface area (Å²) >= 11 is 0. The summed E-state index contributed by atoms with van der Waals surface area (Å²) in [5.41, 5.74) is 7.29. The third-order valence-electron chi connectivity index (χ3n) is 7.63. The second-order valence-electron chi connectivity index (χ2n) is 10.7. The smallest absolute Gasteiger partial charge is 0.153 e. The van der Waals surface area contributed by atoms with E-state index in [1.807, 2.05) is 43.5 Å². The number of aliphatic hydroxyl groups is 1. The van der Waals surface area contributed by atoms with Crippen LogP contribution in [0.3, 0.4) is 0 Å². The number of hydrogen-bond donors (Lipinski definition) is 1. The Morgan fingerprint density at radius 1 is 1.00 bits per heavy atom. The number of aliphatic imine (C=N–C) groups is 1. The van der Waals surface area contributed by atoms with Gasteiger partial charge in [-0.3, -0.25) is 9.79 Å². The zero-order valence-corrected chi connectivity index (χ0v) is 23.3. The SMILES string of the molecule is CCC(C)/C=N\C=C(/C)C1(O)c2cccc(c2)CCCc2cccc(c2)/C(=C/C(C)=O)c2cc1ccc2C. The van der Waals surface area contributed by atoms with Crippen LogP contribution in [0.25, 0.3) is 5.57 Å². The van der Waals surface area contributed by atoms with Gasteiger partial charge in [-0.05, 0) is 115 Å². The van der Waals surface area contributed by atoms with E-state index in [-0.39, 0.29) is 5.78 Å². The number of nitrogens with zero attached hydrogens (tertiary/aromatic N) is 1. The van der Waals surface area contributed by atoms with Crippen LogP contribution in [0.4, 0.5) is 0 Å². The maximum absolute atomic E-state index is 12.6. The Labute approximate surface area is 227 Å². The average molecular weight is 506 g/mol. The molecule has 0 saturated heterocycles. The zero-order valence-electron chi connectivity index (χ0n) is 23.3. The van der Waals surface area contributed by atoms with Gasteiger partial charge < -0.3 is 5.11 Å². The Morgan fingerprint density at radius 2 is 1.68 bits per heavy atom. The van der Waals surface area contributed by atoms with Crippen molar-refractivity contribution in [2.24, 2.45) is 10.9 Å². The molecule has 0 fully saturated rings. The molecule has 1 aliphatic rings. The van der Waals surface area contributed by atoms with Gasteiger partial charge in [0.1, 0.15) is 5.60 Å². The number of ketones is 1. The van der Waals surface area contributed by atoms with Crippen molar-refractivity contribution in [3.05, 3.63) is 124 Å². The third-order valence-corrected chi connectivity index (χ3v) is 7.63. The van der Waals surface area contributed by atoms with Crippen LogP contribution >= 0.6 is 0 Å². The maximum Gasteiger partial charge on any atom is 0.153 e. The number of aryl methyl sites for hydroxylation is 3. The first-order chi connectivity index (χ1) is 18.2. The van der Waals surface area contributed by atoms with E-state index in [0.717, 1.165) is 64.6 Å². The van der Waals surface area contributed by atoms with E-state index < -0.39 is 5.60 Å². The van der Waals surface area contributed by atoms with Gasteiger partial charge in [0.05, 0.1) is 0 Å². The van der Waals surface area contributed by atoms with Crippen molar-refractivity contribution < 1.29 is 9.90 Å². The molecule has 0 saturated carbocycles. The summed E-state index contributed by atoms with van der Waals surface area (Å²) in [6, 6.07) is 22.9. The van der Waals surface area contributed by atoms with Crippen LogP contribution in [-0.4, -0.2) is 17.1 Å². The number of carbonyl (C=O) groups excluding carboxylic acids is 1. The summed E-state index contributed by atoms with van der Waals surface area (Å²) in [4.78, 5) is 17.0. The minimum atomic E-state index is -1.38. The minimum Gasteiger partial charge on any atom is -0.376 e. The quantitative estimate of drug-likeness (QED) is 0.284. The van der Waals surface area contributed by atoms with Crippen LogP contribution in [0.5, 0.6) is 0 Å². The minimum absolute atomic E-state index is 0.00487. The Kier molecular flexibility index (Phi) is 8.58. The summed E-state index contributed by atoms with van der Waals surface area (Å²) in [6.45, 7) is 9.86. The van der Waals surface area contributed by atoms with Gasteiger partial charge in [0.2, 0.25) is 0 Å². The van der Waals surface area contributed by atoms with E-state index in [1.165, 1.54) is 11.1 Å². The lowest BCUT2D eigenvalue weighted by atomic mass is 9.78. The molecule has 0 heterocycles. The summed E-state index contributed by atoms with van der Waals surface area (Å²) < 4.78 is 0. The molecule has 6 bridgehead atoms. The molecule has 4 rings (SSSR count). The molecule has 0 spiro atoms. The zero-order chi connectivity index (χ0) is 27.3. The average Bonchev–Trinajstić information content (AvgIpc) is 2.91. The first kappa shape index (κ1) is 27.5. The Hall–Kier alpha value is -3.56. The van der Waals surface area contributed by atoms with Gasteiger partial charge in [-0.15, -0.1) is 0 Å². The fourth-order valence-corrected chi connectivity index (χ4v) is 5.12. The van der Waals surface area contributed by atoms with Crippen molar-refractivity contribution in [3.63, 3.8) is 0 Å². The van der Waals surface area contributed by atoms with Gasteiger partial charge in [0.25, 0.3) is 0 Å². The number of benzene rings is 3. The lowest BCUT2D eigenvalue weighted by Gasteiger charge is -2.32. The summed E-state index contributed by atoms with van der Waals surface area (Å²) in [7, 11) is 0. The molecule has 3 aromatic rings. The molecule has 0 amide bonds. The molecule has 1 aliphatic carbocycles. The van der Waals surface area contributed by atoms with Gasteiger partial charge in [-0.1, -0.05) is 74.5 Å². The van der Waals surface area contributed by atoms with E-state index in [0.29, 0.717) is 5.92 Å². The first-order valence-electron chi connectivity index (χ1n) is 13.7. The standard InChI is InChI=1S/C35H39NO2/c1-6-24(2)22-36-23-26(4)35(38)31-15-9-13-29(20-31)11-7-10-28-12-8-14-30(19-28)34(18-27(5)37)33-21-32(35)17-16-25(33)3/h8-9,12-24,38H,6-7,10-11H2,1-5H3/b26-23+,34-18-,36-22-. The van der Waals surface area contributed by atoms with Crippen LogP contribution in [0.1, 0.15) is 79.5 Å². The van der Waals surface area contributed by atoms with Crippen molar-refractivity contribution in [1.29, 1.82) is 0 Å². The number of rotatable bonds is 5. The molecule has 2 unspecified atom stereocenters. The Balaban J connectivity index is 2.00. The maximum atomic E-state index is 12.6. The van der Waals surface area contributed by atoms with Gasteiger partial charge in [0, 0.05) is 12.4 Å². The second-order valence-corrected chi connectivity index (χ2v) is 10.7. The third kappa shape index (κ3) is 5.95. The molecule has 2 atom stereocenters. The van der Waals surface area contributed by atoms with Gasteiger partial charge in [0.15, 0.2) is 5.78 Å². The number of hydrogen-bond acceptors (Lipinski definition) is 3. The van der Waals surface area contributed by atoms with Crippen molar-refractivity contribution >= 4 is 17.6 Å². The molecule has 3 nitrogen and oxygen atoms in total. The van der Waals surface area contributed by atoms with E-state index >= 15 is 0 Å². The fraction of sp³-hybridized carbons (Fsp3) is 0.314. The molecule has 1 N–H and O–H groups in total. The van der Waals surface area contributed by atoms with Crippen LogP contribution in [0, 0.1) is 12.8 Å². The predicted molar refractivity (Wildman–Crippen MR) is 159 cm³/mol. The van der Waals surface area contributed by atoms with Crippen molar-refractivity contribution in [2.45, 2.75) is 65.9 Å². The molecule has 3 aromatic carbocycles. The lowest BCUT2D eigenvalue weighted by molar-refractivity contribution is -0.112. The molecule has 0 aromatic heterocycles. The molecular formula is C35H39NO2. The molecule has 3 heteroatoms. The molecule has 196 valence electrons. The van der Waals surface area contributed by atoms with Crippen LogP contribution in [-0.2, 0) is 23.2 Å². The lowest BCUT2D eigenvalue weighted by Crippen LogP contribution is -2.29. The number of fused-ring (bicyclic) bond motifs is 6. The normalized spacial score (nSPS) is 19.8. The summed E-state index contributed by atoms with van der Waals surface area (Å²) in [5, 5.41) is 12.6. The second kappa shape index (κ2) is 11.9. The first-order valence-corrected chi connectivity index (χ1v) is 13.7. The molecule has 38 heavy (non-hydrogen) atoms. The molecule has 0 radical (unpaired) electrons. The Morgan fingerprint density at radius 3 is 2.39 bits per heavy atom. The van der Waals surface area contributed by atoms with Crippen LogP contribution in [0.15, 0.2) is 89.6 Å². The van der Waals surface area contributed by atoms with Crippen LogP contribution in [0.2, 0.25) is 0 Å². The summed E-state index contributed by atoms with van der Waals surface area (Å²) in [5.74, 6) is 0.358. The van der Waals surface area contributed by atoms with E-state index in [2.05, 4.69) is 62.2 Å². The van der Waals surface area contributed by atoms with E-state index in [4.69, 9.17) is 0 Å². The topological polar surface area (TPSA) is 49.7 Å². The van der Waals surface area contributed by atoms with Gasteiger partial charge >= 0.3 is 0 Å². The van der Waals surface area contributed by atoms with Crippen molar-refractivity contribution in [3.8, 4) is 0 Å².